The summed E-state index contributed by atoms with van der Waals surface area (Å²) < 4.78 is 0. The Morgan fingerprint density at radius 3 is 0.929 bits per heavy atom. The number of nitrogens with two attached hydrogens (primary N) is 2. The van der Waals surface area contributed by atoms with Gasteiger partial charge in [-0.25, -0.2) is 0 Å². The molecule has 0 heterocycles. The SMILES string of the molecule is NC1CCCCC1.NC1CCCCC1. The molecule has 0 aliphatic heterocycles. The Labute approximate surface area is 88.4 Å². The standard InChI is InChI=1S/2C6H13N/c2*7-6-4-2-1-3-5-6/h2*6H,1-5,7H2. The van der Waals surface area contributed by atoms with Crippen LogP contribution >= 0.6 is 0 Å². The van der Waals surface area contributed by atoms with E-state index in [9.17, 15) is 0 Å². The second-order valence-corrected chi connectivity index (χ2v) is 4.80. The molecule has 0 atom stereocenters. The fourth-order valence-electron chi connectivity index (χ4n) is 2.27. The lowest BCUT2D eigenvalue weighted by atomic mass is 9.97. The van der Waals surface area contributed by atoms with Crippen LogP contribution in [0.2, 0.25) is 0 Å². The number of hydrogen-bond acceptors (Lipinski definition) is 2. The van der Waals surface area contributed by atoms with Gasteiger partial charge < -0.3 is 11.5 Å². The van der Waals surface area contributed by atoms with Crippen LogP contribution in [-0.4, -0.2) is 12.1 Å². The summed E-state index contributed by atoms with van der Waals surface area (Å²) >= 11 is 0. The highest BCUT2D eigenvalue weighted by Crippen LogP contribution is 2.15. The molecule has 0 spiro atoms. The van der Waals surface area contributed by atoms with Gasteiger partial charge in [0.25, 0.3) is 0 Å². The molecule has 2 rings (SSSR count). The molecule has 0 amide bonds. The van der Waals surface area contributed by atoms with Crippen molar-refractivity contribution in [2.45, 2.75) is 76.3 Å². The minimum atomic E-state index is 0.536. The molecule has 0 saturated heterocycles. The van der Waals surface area contributed by atoms with Crippen molar-refractivity contribution in [1.29, 1.82) is 0 Å². The quantitative estimate of drug-likeness (QED) is 0.628. The highest BCUT2D eigenvalue weighted by molar-refractivity contribution is 4.66. The summed E-state index contributed by atoms with van der Waals surface area (Å²) in [6.07, 6.45) is 13.3. The highest BCUT2D eigenvalue weighted by Gasteiger charge is 2.06. The Morgan fingerprint density at radius 2 is 0.786 bits per heavy atom. The van der Waals surface area contributed by atoms with Gasteiger partial charge in [0, 0.05) is 12.1 Å². The lowest BCUT2D eigenvalue weighted by molar-refractivity contribution is 0.441. The highest BCUT2D eigenvalue weighted by atomic mass is 14.6. The average molecular weight is 198 g/mol. The molecule has 14 heavy (non-hydrogen) atoms. The summed E-state index contributed by atoms with van der Waals surface area (Å²) in [5, 5.41) is 0. The molecule has 2 fully saturated rings. The molecule has 0 unspecified atom stereocenters. The largest absolute Gasteiger partial charge is 0.328 e. The smallest absolute Gasteiger partial charge is 0.00388 e. The lowest BCUT2D eigenvalue weighted by Gasteiger charge is -2.15. The van der Waals surface area contributed by atoms with Crippen molar-refractivity contribution in [1.82, 2.24) is 0 Å². The summed E-state index contributed by atoms with van der Waals surface area (Å²) in [5.74, 6) is 0. The zero-order chi connectivity index (χ0) is 10.2. The second kappa shape index (κ2) is 7.24. The maximum atomic E-state index is 5.63. The maximum absolute atomic E-state index is 5.63. The van der Waals surface area contributed by atoms with E-state index in [1.807, 2.05) is 0 Å². The van der Waals surface area contributed by atoms with E-state index in [0.717, 1.165) is 0 Å². The fourth-order valence-corrected chi connectivity index (χ4v) is 2.27. The fraction of sp³-hybridized carbons (Fsp3) is 1.00. The van der Waals surface area contributed by atoms with E-state index >= 15 is 0 Å². The van der Waals surface area contributed by atoms with Gasteiger partial charge in [-0.05, 0) is 25.7 Å². The molecule has 2 aliphatic rings. The first kappa shape index (κ1) is 12.0. The van der Waals surface area contributed by atoms with Gasteiger partial charge in [0.15, 0.2) is 0 Å². The Morgan fingerprint density at radius 1 is 0.500 bits per heavy atom. The summed E-state index contributed by atoms with van der Waals surface area (Å²) in [5.41, 5.74) is 11.3. The van der Waals surface area contributed by atoms with Gasteiger partial charge in [-0.15, -0.1) is 0 Å². The zero-order valence-electron chi connectivity index (χ0n) is 9.38. The molecule has 2 heteroatoms. The van der Waals surface area contributed by atoms with Crippen LogP contribution in [0, 0.1) is 0 Å². The molecule has 2 aliphatic carbocycles. The summed E-state index contributed by atoms with van der Waals surface area (Å²) in [6, 6.07) is 1.07. The average Bonchev–Trinajstić information content (AvgIpc) is 2.21. The predicted octanol–water partition coefficient (Wildman–Crippen LogP) is 2.56. The first-order valence-corrected chi connectivity index (χ1v) is 6.30. The molecule has 0 bridgehead atoms. The minimum Gasteiger partial charge on any atom is -0.328 e. The van der Waals surface area contributed by atoms with Crippen LogP contribution in [0.5, 0.6) is 0 Å². The minimum absolute atomic E-state index is 0.536. The van der Waals surface area contributed by atoms with Crippen molar-refractivity contribution < 1.29 is 0 Å². The molecule has 84 valence electrons. The van der Waals surface area contributed by atoms with Crippen LogP contribution in [0.25, 0.3) is 0 Å². The molecule has 2 nitrogen and oxygen atoms in total. The predicted molar refractivity (Wildman–Crippen MR) is 62.1 cm³/mol. The Balaban J connectivity index is 0.000000140. The summed E-state index contributed by atoms with van der Waals surface area (Å²) in [7, 11) is 0. The van der Waals surface area contributed by atoms with Crippen LogP contribution in [0.15, 0.2) is 0 Å². The van der Waals surface area contributed by atoms with E-state index in [2.05, 4.69) is 0 Å². The maximum Gasteiger partial charge on any atom is 0.00388 e. The monoisotopic (exact) mass is 198 g/mol. The summed E-state index contributed by atoms with van der Waals surface area (Å²) in [6.45, 7) is 0. The molecule has 2 saturated carbocycles. The van der Waals surface area contributed by atoms with Crippen LogP contribution in [0.1, 0.15) is 64.2 Å². The van der Waals surface area contributed by atoms with Gasteiger partial charge in [-0.2, -0.15) is 0 Å². The van der Waals surface area contributed by atoms with Gasteiger partial charge in [0.2, 0.25) is 0 Å². The Bertz CT molecular complexity index is 108. The third-order valence-corrected chi connectivity index (χ3v) is 3.30. The van der Waals surface area contributed by atoms with E-state index in [4.69, 9.17) is 11.5 Å². The molecule has 4 N–H and O–H groups in total. The molecular weight excluding hydrogens is 172 g/mol. The van der Waals surface area contributed by atoms with Crippen molar-refractivity contribution in [2.75, 3.05) is 0 Å². The third-order valence-electron chi connectivity index (χ3n) is 3.30. The van der Waals surface area contributed by atoms with Crippen LogP contribution in [0.3, 0.4) is 0 Å². The van der Waals surface area contributed by atoms with E-state index in [1.54, 1.807) is 0 Å². The van der Waals surface area contributed by atoms with Gasteiger partial charge >= 0.3 is 0 Å². The second-order valence-electron chi connectivity index (χ2n) is 4.80. The molecule has 0 aromatic carbocycles. The van der Waals surface area contributed by atoms with Crippen molar-refractivity contribution in [3.63, 3.8) is 0 Å². The van der Waals surface area contributed by atoms with Gasteiger partial charge in [-0.1, -0.05) is 38.5 Å². The summed E-state index contributed by atoms with van der Waals surface area (Å²) in [4.78, 5) is 0. The number of hydrogen-bond donors (Lipinski definition) is 2. The van der Waals surface area contributed by atoms with Crippen molar-refractivity contribution in [2.24, 2.45) is 11.5 Å². The van der Waals surface area contributed by atoms with Crippen molar-refractivity contribution in [3.8, 4) is 0 Å². The molecule has 0 aromatic rings. The normalized spacial score (nSPS) is 25.3. The molecule has 0 aromatic heterocycles. The Hall–Kier alpha value is -0.0800. The number of rotatable bonds is 0. The Kier molecular flexibility index (Phi) is 6.20. The van der Waals surface area contributed by atoms with E-state index < -0.39 is 0 Å². The van der Waals surface area contributed by atoms with Gasteiger partial charge in [0.05, 0.1) is 0 Å². The van der Waals surface area contributed by atoms with Crippen molar-refractivity contribution >= 4 is 0 Å². The van der Waals surface area contributed by atoms with E-state index in [1.165, 1.54) is 64.2 Å². The first-order valence-electron chi connectivity index (χ1n) is 6.30. The van der Waals surface area contributed by atoms with Crippen LogP contribution in [-0.2, 0) is 0 Å². The third kappa shape index (κ3) is 5.61. The molecule has 0 radical (unpaired) electrons. The topological polar surface area (TPSA) is 52.0 Å². The van der Waals surface area contributed by atoms with Gasteiger partial charge in [-0.3, -0.25) is 0 Å². The van der Waals surface area contributed by atoms with Crippen LogP contribution < -0.4 is 11.5 Å². The molecular formula is C12H26N2. The van der Waals surface area contributed by atoms with Crippen molar-refractivity contribution in [3.05, 3.63) is 0 Å². The van der Waals surface area contributed by atoms with E-state index in [0.29, 0.717) is 12.1 Å². The van der Waals surface area contributed by atoms with E-state index in [-0.39, 0.29) is 0 Å². The zero-order valence-corrected chi connectivity index (χ0v) is 9.38. The van der Waals surface area contributed by atoms with Crippen LogP contribution in [0.4, 0.5) is 0 Å². The lowest BCUT2D eigenvalue weighted by Crippen LogP contribution is -2.22. The van der Waals surface area contributed by atoms with Gasteiger partial charge in [0.1, 0.15) is 0 Å². The first-order chi connectivity index (χ1) is 6.79.